The zero-order valence-corrected chi connectivity index (χ0v) is 16.2. The molecular formula is C18H22N4O2S2. The minimum atomic E-state index is -0.175. The first kappa shape index (κ1) is 18.7. The predicted octanol–water partition coefficient (Wildman–Crippen LogP) is 3.54. The number of thioether (sulfide) groups is 1. The van der Waals surface area contributed by atoms with Gasteiger partial charge in [0, 0.05) is 25.8 Å². The summed E-state index contributed by atoms with van der Waals surface area (Å²) in [5, 5.41) is 9.27. The first-order valence-corrected chi connectivity index (χ1v) is 10.6. The van der Waals surface area contributed by atoms with E-state index in [-0.39, 0.29) is 11.9 Å². The van der Waals surface area contributed by atoms with Crippen LogP contribution in [0.5, 0.6) is 0 Å². The quantitative estimate of drug-likeness (QED) is 0.766. The number of hydrogen-bond donors (Lipinski definition) is 2. The standard InChI is InChI=1S/C18H22N4O2S2/c1-25-16-14(4-2-8-19-16)17(23)22-9-6-13(7-10-22)12-20-18(24)21-15-5-3-11-26-15/h2-5,8,11,13H,6-7,9-10,12H2,1H3,(H2,20,21,24). The minimum Gasteiger partial charge on any atom is -0.339 e. The number of carbonyl (C=O) groups excluding carboxylic acids is 2. The van der Waals surface area contributed by atoms with Crippen LogP contribution < -0.4 is 10.6 Å². The number of likely N-dealkylation sites (tertiary alicyclic amines) is 1. The number of carbonyl (C=O) groups is 2. The van der Waals surface area contributed by atoms with Crippen LogP contribution in [0.25, 0.3) is 0 Å². The highest BCUT2D eigenvalue weighted by Crippen LogP contribution is 2.23. The van der Waals surface area contributed by atoms with Crippen molar-refractivity contribution in [3.63, 3.8) is 0 Å². The number of pyridine rings is 1. The van der Waals surface area contributed by atoms with E-state index in [1.807, 2.05) is 34.7 Å². The lowest BCUT2D eigenvalue weighted by molar-refractivity contribution is 0.0686. The molecule has 0 aliphatic carbocycles. The van der Waals surface area contributed by atoms with Crippen LogP contribution in [0.15, 0.2) is 40.9 Å². The number of anilines is 1. The summed E-state index contributed by atoms with van der Waals surface area (Å²) in [4.78, 5) is 30.8. The highest BCUT2D eigenvalue weighted by Gasteiger charge is 2.25. The smallest absolute Gasteiger partial charge is 0.319 e. The molecule has 0 atom stereocenters. The van der Waals surface area contributed by atoms with E-state index in [2.05, 4.69) is 15.6 Å². The largest absolute Gasteiger partial charge is 0.339 e. The number of nitrogens with zero attached hydrogens (tertiary/aromatic N) is 2. The molecule has 3 amide bonds. The summed E-state index contributed by atoms with van der Waals surface area (Å²) in [5.74, 6) is 0.436. The van der Waals surface area contributed by atoms with E-state index in [1.165, 1.54) is 23.1 Å². The molecule has 6 nitrogen and oxygen atoms in total. The lowest BCUT2D eigenvalue weighted by Gasteiger charge is -2.32. The van der Waals surface area contributed by atoms with Gasteiger partial charge in [-0.05, 0) is 54.7 Å². The van der Waals surface area contributed by atoms with Crippen molar-refractivity contribution in [3.8, 4) is 0 Å². The van der Waals surface area contributed by atoms with Crippen LogP contribution in [0.4, 0.5) is 9.80 Å². The average Bonchev–Trinajstić information content (AvgIpc) is 3.19. The summed E-state index contributed by atoms with van der Waals surface area (Å²) in [6.07, 6.45) is 5.42. The van der Waals surface area contributed by atoms with E-state index < -0.39 is 0 Å². The Morgan fingerprint density at radius 2 is 2.12 bits per heavy atom. The Bertz CT molecular complexity index is 743. The molecule has 0 bridgehead atoms. The maximum Gasteiger partial charge on any atom is 0.319 e. The molecule has 8 heteroatoms. The lowest BCUT2D eigenvalue weighted by Crippen LogP contribution is -2.42. The molecule has 3 heterocycles. The summed E-state index contributed by atoms with van der Waals surface area (Å²) < 4.78 is 0. The van der Waals surface area contributed by atoms with E-state index in [1.54, 1.807) is 12.3 Å². The van der Waals surface area contributed by atoms with E-state index in [4.69, 9.17) is 0 Å². The Balaban J connectivity index is 1.45. The van der Waals surface area contributed by atoms with Gasteiger partial charge in [0.05, 0.1) is 10.6 Å². The molecule has 3 rings (SSSR count). The SMILES string of the molecule is CSc1ncccc1C(=O)N1CCC(CNC(=O)Nc2cccs2)CC1. The Morgan fingerprint density at radius 3 is 2.81 bits per heavy atom. The Hall–Kier alpha value is -2.06. The van der Waals surface area contributed by atoms with Gasteiger partial charge < -0.3 is 10.2 Å². The second-order valence-corrected chi connectivity index (χ2v) is 7.85. The second-order valence-electron chi connectivity index (χ2n) is 6.11. The first-order chi connectivity index (χ1) is 12.7. The fraction of sp³-hybridized carbons (Fsp3) is 0.389. The van der Waals surface area contributed by atoms with Crippen molar-refractivity contribution in [2.45, 2.75) is 17.9 Å². The zero-order chi connectivity index (χ0) is 18.4. The predicted molar refractivity (Wildman–Crippen MR) is 106 cm³/mol. The fourth-order valence-corrected chi connectivity index (χ4v) is 4.12. The van der Waals surface area contributed by atoms with Gasteiger partial charge in [0.2, 0.25) is 0 Å². The molecule has 0 saturated carbocycles. The number of piperidine rings is 1. The van der Waals surface area contributed by atoms with Gasteiger partial charge in [0.1, 0.15) is 5.03 Å². The second kappa shape index (κ2) is 9.05. The van der Waals surface area contributed by atoms with Crippen LogP contribution in [0.2, 0.25) is 0 Å². The number of rotatable bonds is 5. The van der Waals surface area contributed by atoms with Crippen LogP contribution >= 0.6 is 23.1 Å². The van der Waals surface area contributed by atoms with Crippen LogP contribution in [0.1, 0.15) is 23.2 Å². The number of aromatic nitrogens is 1. The monoisotopic (exact) mass is 390 g/mol. The van der Waals surface area contributed by atoms with E-state index >= 15 is 0 Å². The molecule has 138 valence electrons. The van der Waals surface area contributed by atoms with Crippen molar-refractivity contribution < 1.29 is 9.59 Å². The molecule has 2 aromatic rings. The average molecular weight is 391 g/mol. The number of nitrogens with one attached hydrogen (secondary N) is 2. The van der Waals surface area contributed by atoms with Crippen LogP contribution in [0.3, 0.4) is 0 Å². The maximum absolute atomic E-state index is 12.7. The summed E-state index contributed by atoms with van der Waals surface area (Å²) >= 11 is 2.98. The molecule has 1 fully saturated rings. The molecule has 0 aromatic carbocycles. The highest BCUT2D eigenvalue weighted by atomic mass is 32.2. The molecule has 1 aliphatic rings. The van der Waals surface area contributed by atoms with E-state index in [0.29, 0.717) is 31.1 Å². The summed E-state index contributed by atoms with van der Waals surface area (Å²) in [6, 6.07) is 7.23. The molecule has 26 heavy (non-hydrogen) atoms. The third kappa shape index (κ3) is 4.76. The number of hydrogen-bond acceptors (Lipinski definition) is 5. The van der Waals surface area contributed by atoms with Crippen molar-refractivity contribution in [2.24, 2.45) is 5.92 Å². The Kier molecular flexibility index (Phi) is 6.51. The third-order valence-corrected chi connectivity index (χ3v) is 5.90. The van der Waals surface area contributed by atoms with Gasteiger partial charge in [0.15, 0.2) is 0 Å². The molecule has 0 unspecified atom stereocenters. The third-order valence-electron chi connectivity index (χ3n) is 4.41. The van der Waals surface area contributed by atoms with Crippen molar-refractivity contribution in [2.75, 3.05) is 31.2 Å². The maximum atomic E-state index is 12.7. The first-order valence-electron chi connectivity index (χ1n) is 8.54. The van der Waals surface area contributed by atoms with Crippen molar-refractivity contribution in [1.82, 2.24) is 15.2 Å². The van der Waals surface area contributed by atoms with Gasteiger partial charge in [-0.3, -0.25) is 10.1 Å². The molecule has 0 spiro atoms. The molecule has 2 N–H and O–H groups in total. The lowest BCUT2D eigenvalue weighted by atomic mass is 9.96. The van der Waals surface area contributed by atoms with Gasteiger partial charge in [0.25, 0.3) is 5.91 Å². The topological polar surface area (TPSA) is 74.3 Å². The van der Waals surface area contributed by atoms with Gasteiger partial charge in [-0.25, -0.2) is 9.78 Å². The van der Waals surface area contributed by atoms with Crippen molar-refractivity contribution in [1.29, 1.82) is 0 Å². The molecule has 1 saturated heterocycles. The van der Waals surface area contributed by atoms with Crippen LogP contribution in [-0.2, 0) is 0 Å². The van der Waals surface area contributed by atoms with Crippen molar-refractivity contribution >= 4 is 40.0 Å². The van der Waals surface area contributed by atoms with Gasteiger partial charge >= 0.3 is 6.03 Å². The number of urea groups is 1. The molecule has 2 aromatic heterocycles. The summed E-state index contributed by atoms with van der Waals surface area (Å²) in [5.41, 5.74) is 0.673. The zero-order valence-electron chi connectivity index (χ0n) is 14.6. The summed E-state index contributed by atoms with van der Waals surface area (Å²) in [6.45, 7) is 2.04. The number of thiophene rings is 1. The van der Waals surface area contributed by atoms with Crippen LogP contribution in [0, 0.1) is 5.92 Å². The Labute approximate surface area is 161 Å². The van der Waals surface area contributed by atoms with E-state index in [0.717, 1.165) is 22.9 Å². The summed E-state index contributed by atoms with van der Waals surface area (Å²) in [7, 11) is 0. The van der Waals surface area contributed by atoms with E-state index in [9.17, 15) is 9.59 Å². The van der Waals surface area contributed by atoms with Crippen LogP contribution in [-0.4, -0.2) is 47.7 Å². The van der Waals surface area contributed by atoms with Gasteiger partial charge in [-0.1, -0.05) is 0 Å². The highest BCUT2D eigenvalue weighted by molar-refractivity contribution is 7.98. The van der Waals surface area contributed by atoms with Gasteiger partial charge in [-0.2, -0.15) is 0 Å². The number of amides is 3. The molecule has 1 aliphatic heterocycles. The molecule has 0 radical (unpaired) electrons. The normalized spacial score (nSPS) is 14.9. The minimum absolute atomic E-state index is 0.0456. The van der Waals surface area contributed by atoms with Crippen molar-refractivity contribution in [3.05, 3.63) is 41.4 Å². The Morgan fingerprint density at radius 1 is 1.31 bits per heavy atom. The molecular weight excluding hydrogens is 368 g/mol. The van der Waals surface area contributed by atoms with Gasteiger partial charge in [-0.15, -0.1) is 23.1 Å². The fourth-order valence-electron chi connectivity index (χ4n) is 2.97.